The predicted molar refractivity (Wildman–Crippen MR) is 77.5 cm³/mol. The average molecular weight is 310 g/mol. The van der Waals surface area contributed by atoms with Crippen LogP contribution < -0.4 is 21.7 Å². The largest absolute Gasteiger partial charge is 0.368 e. The van der Waals surface area contributed by atoms with E-state index < -0.39 is 35.3 Å². The normalized spacial score (nSPS) is 25.2. The highest BCUT2D eigenvalue weighted by Crippen LogP contribution is 2.27. The molecule has 0 aromatic heterocycles. The molecule has 8 nitrogen and oxygen atoms in total. The van der Waals surface area contributed by atoms with E-state index in [9.17, 15) is 19.2 Å². The summed E-state index contributed by atoms with van der Waals surface area (Å²) < 4.78 is 0. The van der Waals surface area contributed by atoms with Crippen LogP contribution in [0.2, 0.25) is 0 Å². The zero-order valence-electron chi connectivity index (χ0n) is 12.4. The van der Waals surface area contributed by atoms with Crippen molar-refractivity contribution < 1.29 is 19.2 Å². The summed E-state index contributed by atoms with van der Waals surface area (Å²) in [7, 11) is 0. The fraction of sp³-hybridized carbons (Fsp3) is 0.714. The molecule has 1 atom stereocenters. The van der Waals surface area contributed by atoms with Gasteiger partial charge in [-0.25, -0.2) is 4.79 Å². The first-order valence-electron chi connectivity index (χ1n) is 7.65. The van der Waals surface area contributed by atoms with Crippen LogP contribution in [-0.4, -0.2) is 35.3 Å². The minimum atomic E-state index is -1.05. The van der Waals surface area contributed by atoms with Crippen molar-refractivity contribution in [2.75, 3.05) is 0 Å². The Kier molecular flexibility index (Phi) is 4.99. The Morgan fingerprint density at radius 2 is 1.77 bits per heavy atom. The quantitative estimate of drug-likeness (QED) is 0.532. The summed E-state index contributed by atoms with van der Waals surface area (Å²) in [6.07, 6.45) is 4.92. The second-order valence-corrected chi connectivity index (χ2v) is 5.96. The molecule has 1 saturated carbocycles. The topological polar surface area (TPSA) is 130 Å². The standard InChI is InChI=1S/C14H22N4O4/c15-12(21)14(7-3-1-2-4-8-14)18-11(20)9-5-6-10(19)17-13(22)16-9/h9H,1-8H2,(H2,15,21)(H,18,20)(H2,16,17,19,22). The highest BCUT2D eigenvalue weighted by molar-refractivity contribution is 5.99. The lowest BCUT2D eigenvalue weighted by atomic mass is 9.88. The summed E-state index contributed by atoms with van der Waals surface area (Å²) in [4.78, 5) is 47.1. The maximum absolute atomic E-state index is 12.4. The average Bonchev–Trinajstić information content (AvgIpc) is 2.78. The molecule has 5 N–H and O–H groups in total. The van der Waals surface area contributed by atoms with E-state index in [0.717, 1.165) is 25.7 Å². The van der Waals surface area contributed by atoms with Gasteiger partial charge < -0.3 is 16.4 Å². The lowest BCUT2D eigenvalue weighted by molar-refractivity contribution is -0.133. The van der Waals surface area contributed by atoms with Crippen molar-refractivity contribution in [1.29, 1.82) is 0 Å². The Hall–Kier alpha value is -2.12. The van der Waals surface area contributed by atoms with E-state index in [1.807, 2.05) is 0 Å². The van der Waals surface area contributed by atoms with Gasteiger partial charge in [0.2, 0.25) is 17.7 Å². The van der Waals surface area contributed by atoms with Crippen LogP contribution in [-0.2, 0) is 14.4 Å². The molecule has 122 valence electrons. The first-order valence-corrected chi connectivity index (χ1v) is 7.65. The number of rotatable bonds is 3. The molecule has 1 saturated heterocycles. The number of urea groups is 1. The molecule has 1 heterocycles. The number of primary amides is 1. The van der Waals surface area contributed by atoms with E-state index >= 15 is 0 Å². The van der Waals surface area contributed by atoms with Gasteiger partial charge >= 0.3 is 6.03 Å². The van der Waals surface area contributed by atoms with Crippen molar-refractivity contribution in [3.05, 3.63) is 0 Å². The molecule has 0 aromatic rings. The zero-order valence-corrected chi connectivity index (χ0v) is 12.4. The van der Waals surface area contributed by atoms with E-state index in [2.05, 4.69) is 16.0 Å². The fourth-order valence-electron chi connectivity index (χ4n) is 3.02. The number of carbonyl (C=O) groups is 4. The summed E-state index contributed by atoms with van der Waals surface area (Å²) >= 11 is 0. The van der Waals surface area contributed by atoms with Gasteiger partial charge in [-0.1, -0.05) is 25.7 Å². The minimum Gasteiger partial charge on any atom is -0.368 e. The van der Waals surface area contributed by atoms with Crippen molar-refractivity contribution >= 4 is 23.8 Å². The fourth-order valence-corrected chi connectivity index (χ4v) is 3.02. The first-order chi connectivity index (χ1) is 10.4. The van der Waals surface area contributed by atoms with Crippen LogP contribution in [0, 0.1) is 0 Å². The molecule has 2 aliphatic rings. The lowest BCUT2D eigenvalue weighted by Crippen LogP contribution is -2.61. The molecule has 5 amide bonds. The number of carbonyl (C=O) groups excluding carboxylic acids is 4. The smallest absolute Gasteiger partial charge is 0.322 e. The van der Waals surface area contributed by atoms with Gasteiger partial charge in [-0.05, 0) is 19.3 Å². The summed E-state index contributed by atoms with van der Waals surface area (Å²) in [6, 6.07) is -1.54. The number of nitrogens with one attached hydrogen (secondary N) is 3. The maximum atomic E-state index is 12.4. The Labute approximate surface area is 128 Å². The second kappa shape index (κ2) is 6.76. The highest BCUT2D eigenvalue weighted by Gasteiger charge is 2.40. The van der Waals surface area contributed by atoms with E-state index in [1.165, 1.54) is 0 Å². The van der Waals surface area contributed by atoms with Crippen LogP contribution in [0.4, 0.5) is 4.79 Å². The summed E-state index contributed by atoms with van der Waals surface area (Å²) in [5.41, 5.74) is 4.47. The van der Waals surface area contributed by atoms with Gasteiger partial charge in [-0.15, -0.1) is 0 Å². The minimum absolute atomic E-state index is 0.0698. The molecular formula is C14H22N4O4. The summed E-state index contributed by atoms with van der Waals surface area (Å²) in [6.45, 7) is 0. The van der Waals surface area contributed by atoms with Gasteiger partial charge in [0, 0.05) is 6.42 Å². The third-order valence-corrected chi connectivity index (χ3v) is 4.33. The van der Waals surface area contributed by atoms with Gasteiger partial charge in [0.25, 0.3) is 0 Å². The lowest BCUT2D eigenvalue weighted by Gasteiger charge is -2.32. The number of imide groups is 1. The molecule has 2 rings (SSSR count). The Balaban J connectivity index is 2.08. The maximum Gasteiger partial charge on any atom is 0.322 e. The van der Waals surface area contributed by atoms with E-state index in [1.54, 1.807) is 0 Å². The molecule has 8 heteroatoms. The molecule has 0 radical (unpaired) electrons. The SMILES string of the molecule is NC(=O)C1(NC(=O)C2CCC(=O)NC(=O)N2)CCCCCC1. The van der Waals surface area contributed by atoms with Crippen molar-refractivity contribution in [2.24, 2.45) is 5.73 Å². The molecule has 1 aliphatic carbocycles. The van der Waals surface area contributed by atoms with Crippen LogP contribution in [0.3, 0.4) is 0 Å². The summed E-state index contributed by atoms with van der Waals surface area (Å²) in [5, 5.41) is 7.28. The van der Waals surface area contributed by atoms with Gasteiger partial charge in [-0.3, -0.25) is 19.7 Å². The third-order valence-electron chi connectivity index (χ3n) is 4.33. The molecule has 0 aromatic carbocycles. The van der Waals surface area contributed by atoms with Gasteiger partial charge in [0.1, 0.15) is 11.6 Å². The number of hydrogen-bond acceptors (Lipinski definition) is 4. The zero-order chi connectivity index (χ0) is 16.2. The molecule has 22 heavy (non-hydrogen) atoms. The number of nitrogens with two attached hydrogens (primary N) is 1. The van der Waals surface area contributed by atoms with Crippen molar-refractivity contribution in [1.82, 2.24) is 16.0 Å². The van der Waals surface area contributed by atoms with Crippen LogP contribution >= 0.6 is 0 Å². The third kappa shape index (κ3) is 3.75. The molecule has 0 spiro atoms. The molecular weight excluding hydrogens is 288 g/mol. The van der Waals surface area contributed by atoms with Gasteiger partial charge in [0.15, 0.2) is 0 Å². The van der Waals surface area contributed by atoms with Crippen molar-refractivity contribution in [2.45, 2.75) is 62.9 Å². The molecule has 2 fully saturated rings. The Morgan fingerprint density at radius 3 is 2.36 bits per heavy atom. The van der Waals surface area contributed by atoms with Gasteiger partial charge in [-0.2, -0.15) is 0 Å². The molecule has 1 unspecified atom stereocenters. The number of hydrogen-bond donors (Lipinski definition) is 4. The molecule has 1 aliphatic heterocycles. The second-order valence-electron chi connectivity index (χ2n) is 5.96. The van der Waals surface area contributed by atoms with Crippen LogP contribution in [0.5, 0.6) is 0 Å². The van der Waals surface area contributed by atoms with Crippen LogP contribution in [0.15, 0.2) is 0 Å². The van der Waals surface area contributed by atoms with Crippen LogP contribution in [0.25, 0.3) is 0 Å². The Morgan fingerprint density at radius 1 is 1.14 bits per heavy atom. The van der Waals surface area contributed by atoms with Crippen LogP contribution in [0.1, 0.15) is 51.4 Å². The highest BCUT2D eigenvalue weighted by atomic mass is 16.2. The Bertz CT molecular complexity index is 483. The number of amides is 5. The van der Waals surface area contributed by atoms with E-state index in [4.69, 9.17) is 5.73 Å². The van der Waals surface area contributed by atoms with Gasteiger partial charge in [0.05, 0.1) is 0 Å². The summed E-state index contributed by atoms with van der Waals surface area (Å²) in [5.74, 6) is -1.44. The first kappa shape index (κ1) is 16.3. The monoisotopic (exact) mass is 310 g/mol. The predicted octanol–water partition coefficient (Wildman–Crippen LogP) is -0.331. The van der Waals surface area contributed by atoms with Crippen molar-refractivity contribution in [3.8, 4) is 0 Å². The van der Waals surface area contributed by atoms with Crippen molar-refractivity contribution in [3.63, 3.8) is 0 Å². The van der Waals surface area contributed by atoms with E-state index in [-0.39, 0.29) is 12.8 Å². The molecule has 0 bridgehead atoms. The van der Waals surface area contributed by atoms with E-state index in [0.29, 0.717) is 12.8 Å².